The molecule has 4 aromatic rings. The highest BCUT2D eigenvalue weighted by atomic mass is 16.1. The summed E-state index contributed by atoms with van der Waals surface area (Å²) in [6.45, 7) is 1.40. The first kappa shape index (κ1) is 18.1. The molecule has 2 aromatic carbocycles. The van der Waals surface area contributed by atoms with Gasteiger partial charge in [-0.15, -0.1) is 0 Å². The lowest BCUT2D eigenvalue weighted by molar-refractivity contribution is 0.0960. The predicted octanol–water partition coefficient (Wildman–Crippen LogP) is 4.36. The van der Waals surface area contributed by atoms with E-state index < -0.39 is 0 Å². The van der Waals surface area contributed by atoms with Crippen molar-refractivity contribution in [3.63, 3.8) is 0 Å². The molecule has 0 bridgehead atoms. The van der Waals surface area contributed by atoms with Crippen LogP contribution in [0.4, 0.5) is 0 Å². The number of para-hydroxylation sites is 1. The third-order valence-corrected chi connectivity index (χ3v) is 5.03. The van der Waals surface area contributed by atoms with E-state index in [0.717, 1.165) is 35.0 Å². The number of nitrogens with zero attached hydrogens (tertiary/aromatic N) is 1. The van der Waals surface area contributed by atoms with Gasteiger partial charge in [-0.05, 0) is 36.2 Å². The second kappa shape index (κ2) is 8.63. The van der Waals surface area contributed by atoms with E-state index in [0.29, 0.717) is 6.54 Å². The van der Waals surface area contributed by atoms with Gasteiger partial charge in [-0.1, -0.05) is 54.6 Å². The molecule has 2 N–H and O–H groups in total. The molecular formula is C24H23N3O. The highest BCUT2D eigenvalue weighted by Gasteiger charge is 2.24. The van der Waals surface area contributed by atoms with Gasteiger partial charge in [0.05, 0.1) is 5.92 Å². The maximum atomic E-state index is 13.4. The SMILES string of the molecule is O=C(c1c[nH]c2ccccc12)C(CNCCc1cccnc1)c1ccccc1. The van der Waals surface area contributed by atoms with Crippen LogP contribution < -0.4 is 5.32 Å². The molecule has 0 saturated carbocycles. The largest absolute Gasteiger partial charge is 0.360 e. The average molecular weight is 369 g/mol. The summed E-state index contributed by atoms with van der Waals surface area (Å²) in [4.78, 5) is 20.8. The molecule has 1 unspecified atom stereocenters. The number of pyridine rings is 1. The predicted molar refractivity (Wildman–Crippen MR) is 113 cm³/mol. The van der Waals surface area contributed by atoms with Crippen molar-refractivity contribution in [1.82, 2.24) is 15.3 Å². The summed E-state index contributed by atoms with van der Waals surface area (Å²) in [5.41, 5.74) is 3.96. The van der Waals surface area contributed by atoms with Crippen LogP contribution in [0.2, 0.25) is 0 Å². The van der Waals surface area contributed by atoms with Gasteiger partial charge in [-0.3, -0.25) is 9.78 Å². The number of ketones is 1. The van der Waals surface area contributed by atoms with Crippen LogP contribution in [0.5, 0.6) is 0 Å². The zero-order valence-corrected chi connectivity index (χ0v) is 15.6. The van der Waals surface area contributed by atoms with Gasteiger partial charge in [0.2, 0.25) is 0 Å². The number of hydrogen-bond donors (Lipinski definition) is 2. The first-order valence-corrected chi connectivity index (χ1v) is 9.58. The summed E-state index contributed by atoms with van der Waals surface area (Å²) in [6, 6.07) is 22.0. The molecular weight excluding hydrogens is 346 g/mol. The Bertz CT molecular complexity index is 1040. The Balaban J connectivity index is 1.51. The lowest BCUT2D eigenvalue weighted by Gasteiger charge is -2.17. The van der Waals surface area contributed by atoms with Gasteiger partial charge < -0.3 is 10.3 Å². The van der Waals surface area contributed by atoms with Crippen LogP contribution >= 0.6 is 0 Å². The van der Waals surface area contributed by atoms with Gasteiger partial charge in [0.15, 0.2) is 5.78 Å². The van der Waals surface area contributed by atoms with Crippen LogP contribution in [-0.4, -0.2) is 28.8 Å². The second-order valence-electron chi connectivity index (χ2n) is 6.89. The molecule has 0 amide bonds. The normalized spacial score (nSPS) is 12.1. The Morgan fingerprint density at radius 2 is 1.82 bits per heavy atom. The Labute approximate surface area is 164 Å². The minimum atomic E-state index is -0.227. The fourth-order valence-corrected chi connectivity index (χ4v) is 3.54. The zero-order valence-electron chi connectivity index (χ0n) is 15.6. The molecule has 0 spiro atoms. The average Bonchev–Trinajstić information content (AvgIpc) is 3.19. The van der Waals surface area contributed by atoms with Crippen molar-refractivity contribution in [3.05, 3.63) is 102 Å². The van der Waals surface area contributed by atoms with E-state index in [-0.39, 0.29) is 11.7 Å². The minimum Gasteiger partial charge on any atom is -0.360 e. The van der Waals surface area contributed by atoms with Gasteiger partial charge in [0.25, 0.3) is 0 Å². The van der Waals surface area contributed by atoms with Crippen LogP contribution in [0, 0.1) is 0 Å². The van der Waals surface area contributed by atoms with Crippen molar-refractivity contribution in [1.29, 1.82) is 0 Å². The number of hydrogen-bond acceptors (Lipinski definition) is 3. The molecule has 140 valence electrons. The molecule has 1 atom stereocenters. The first-order valence-electron chi connectivity index (χ1n) is 9.58. The van der Waals surface area contributed by atoms with Crippen molar-refractivity contribution >= 4 is 16.7 Å². The summed E-state index contributed by atoms with van der Waals surface area (Å²) < 4.78 is 0. The fourth-order valence-electron chi connectivity index (χ4n) is 3.54. The molecule has 2 heterocycles. The van der Waals surface area contributed by atoms with Gasteiger partial charge in [-0.2, -0.15) is 0 Å². The molecule has 0 radical (unpaired) electrons. The van der Waals surface area contributed by atoms with Crippen LogP contribution in [0.3, 0.4) is 0 Å². The molecule has 0 aliphatic carbocycles. The van der Waals surface area contributed by atoms with Crippen molar-refractivity contribution in [2.24, 2.45) is 0 Å². The van der Waals surface area contributed by atoms with Crippen molar-refractivity contribution in [3.8, 4) is 0 Å². The maximum Gasteiger partial charge on any atom is 0.173 e. The Kier molecular flexibility index (Phi) is 5.59. The van der Waals surface area contributed by atoms with Crippen LogP contribution in [0.15, 0.2) is 85.3 Å². The standard InChI is InChI=1S/C24H23N3O/c28-24(22-17-27-23-11-5-4-10-20(22)23)21(19-8-2-1-3-9-19)16-26-14-12-18-7-6-13-25-15-18/h1-11,13,15,17,21,26-27H,12,14,16H2. The van der Waals surface area contributed by atoms with Gasteiger partial charge in [0, 0.05) is 41.6 Å². The van der Waals surface area contributed by atoms with E-state index in [1.807, 2.05) is 73.1 Å². The lowest BCUT2D eigenvalue weighted by atomic mass is 9.90. The number of benzene rings is 2. The fraction of sp³-hybridized carbons (Fsp3) is 0.167. The summed E-state index contributed by atoms with van der Waals surface area (Å²) in [5, 5.41) is 4.44. The monoisotopic (exact) mass is 369 g/mol. The Morgan fingerprint density at radius 1 is 1.00 bits per heavy atom. The minimum absolute atomic E-state index is 0.137. The highest BCUT2D eigenvalue weighted by Crippen LogP contribution is 2.25. The molecule has 4 rings (SSSR count). The topological polar surface area (TPSA) is 57.8 Å². The number of carbonyl (C=O) groups is 1. The first-order chi connectivity index (χ1) is 13.8. The number of Topliss-reactive ketones (excluding diaryl/α,β-unsaturated/α-hetero) is 1. The number of nitrogens with one attached hydrogen (secondary N) is 2. The van der Waals surface area contributed by atoms with E-state index >= 15 is 0 Å². The smallest absolute Gasteiger partial charge is 0.173 e. The van der Waals surface area contributed by atoms with E-state index in [1.165, 1.54) is 5.56 Å². The highest BCUT2D eigenvalue weighted by molar-refractivity contribution is 6.10. The molecule has 4 nitrogen and oxygen atoms in total. The van der Waals surface area contributed by atoms with E-state index in [9.17, 15) is 4.79 Å². The quantitative estimate of drug-likeness (QED) is 0.358. The molecule has 0 aliphatic rings. The Hall–Kier alpha value is -3.24. The number of aromatic amines is 1. The van der Waals surface area contributed by atoms with Crippen molar-refractivity contribution < 1.29 is 4.79 Å². The van der Waals surface area contributed by atoms with E-state index in [1.54, 1.807) is 6.20 Å². The summed E-state index contributed by atoms with van der Waals surface area (Å²) in [5.74, 6) is -0.0909. The van der Waals surface area contributed by atoms with Gasteiger partial charge >= 0.3 is 0 Å². The Morgan fingerprint density at radius 3 is 2.64 bits per heavy atom. The maximum absolute atomic E-state index is 13.4. The van der Waals surface area contributed by atoms with Crippen molar-refractivity contribution in [2.45, 2.75) is 12.3 Å². The van der Waals surface area contributed by atoms with E-state index in [4.69, 9.17) is 0 Å². The van der Waals surface area contributed by atoms with Crippen molar-refractivity contribution in [2.75, 3.05) is 13.1 Å². The summed E-state index contributed by atoms with van der Waals surface area (Å²) in [7, 11) is 0. The third kappa shape index (κ3) is 4.02. The third-order valence-electron chi connectivity index (χ3n) is 5.03. The number of carbonyl (C=O) groups excluding carboxylic acids is 1. The van der Waals surface area contributed by atoms with Crippen LogP contribution in [0.25, 0.3) is 10.9 Å². The molecule has 2 aromatic heterocycles. The summed E-state index contributed by atoms with van der Waals surface area (Å²) >= 11 is 0. The number of H-pyrrole nitrogens is 1. The van der Waals surface area contributed by atoms with Crippen LogP contribution in [-0.2, 0) is 6.42 Å². The zero-order chi connectivity index (χ0) is 19.2. The number of aromatic nitrogens is 2. The van der Waals surface area contributed by atoms with Gasteiger partial charge in [0.1, 0.15) is 0 Å². The second-order valence-corrected chi connectivity index (χ2v) is 6.89. The molecule has 4 heteroatoms. The van der Waals surface area contributed by atoms with Gasteiger partial charge in [-0.25, -0.2) is 0 Å². The molecule has 0 saturated heterocycles. The van der Waals surface area contributed by atoms with Crippen LogP contribution in [0.1, 0.15) is 27.4 Å². The summed E-state index contributed by atoms with van der Waals surface area (Å²) in [6.07, 6.45) is 6.38. The van der Waals surface area contributed by atoms with E-state index in [2.05, 4.69) is 21.4 Å². The lowest BCUT2D eigenvalue weighted by Crippen LogP contribution is -2.28. The number of rotatable bonds is 8. The molecule has 0 aliphatic heterocycles. The molecule has 0 fully saturated rings. The number of fused-ring (bicyclic) bond motifs is 1. The molecule has 28 heavy (non-hydrogen) atoms.